The summed E-state index contributed by atoms with van der Waals surface area (Å²) in [7, 11) is 0. The molecule has 0 spiro atoms. The fourth-order valence-electron chi connectivity index (χ4n) is 2.09. The molecule has 1 aliphatic carbocycles. The summed E-state index contributed by atoms with van der Waals surface area (Å²) in [4.78, 5) is 8.49. The van der Waals surface area contributed by atoms with E-state index < -0.39 is 0 Å². The largest absolute Gasteiger partial charge is 0.320 e. The van der Waals surface area contributed by atoms with Gasteiger partial charge in [0, 0.05) is 6.20 Å². The maximum absolute atomic E-state index is 6.28. The molecule has 0 amide bonds. The Morgan fingerprint density at radius 3 is 3.07 bits per heavy atom. The van der Waals surface area contributed by atoms with Crippen molar-refractivity contribution in [3.05, 3.63) is 23.8 Å². The van der Waals surface area contributed by atoms with Gasteiger partial charge in [0.05, 0.1) is 11.2 Å². The van der Waals surface area contributed by atoms with Gasteiger partial charge < -0.3 is 5.73 Å². The van der Waals surface area contributed by atoms with E-state index in [0.29, 0.717) is 5.92 Å². The zero-order valence-corrected chi connectivity index (χ0v) is 8.83. The summed E-state index contributed by atoms with van der Waals surface area (Å²) in [6.07, 6.45) is 5.29. The number of aryl methyl sites for hydroxylation is 1. The third kappa shape index (κ3) is 1.52. The second kappa shape index (κ2) is 3.31. The Labute approximate surface area is 84.8 Å². The third-order valence-electron chi connectivity index (χ3n) is 3.04. The maximum Gasteiger partial charge on any atom is 0.125 e. The number of rotatable bonds is 3. The van der Waals surface area contributed by atoms with Crippen molar-refractivity contribution in [2.45, 2.75) is 38.6 Å². The number of nitrogens with zero attached hydrogens (tertiary/aromatic N) is 2. The van der Waals surface area contributed by atoms with Crippen molar-refractivity contribution in [1.82, 2.24) is 9.97 Å². The van der Waals surface area contributed by atoms with E-state index in [9.17, 15) is 0 Å². The summed E-state index contributed by atoms with van der Waals surface area (Å²) in [5.74, 6) is 1.44. The van der Waals surface area contributed by atoms with Gasteiger partial charge in [0.25, 0.3) is 0 Å². The van der Waals surface area contributed by atoms with Crippen molar-refractivity contribution >= 4 is 0 Å². The van der Waals surface area contributed by atoms with E-state index in [-0.39, 0.29) is 5.54 Å². The molecule has 3 heteroatoms. The molecule has 14 heavy (non-hydrogen) atoms. The van der Waals surface area contributed by atoms with Crippen LogP contribution >= 0.6 is 0 Å². The Morgan fingerprint density at radius 2 is 2.43 bits per heavy atom. The van der Waals surface area contributed by atoms with Gasteiger partial charge in [-0.1, -0.05) is 13.3 Å². The highest BCUT2D eigenvalue weighted by molar-refractivity contribution is 5.24. The predicted octanol–water partition coefficient (Wildman–Crippen LogP) is 1.76. The normalized spacial score (nSPS) is 30.4. The van der Waals surface area contributed by atoms with Gasteiger partial charge in [0.2, 0.25) is 0 Å². The van der Waals surface area contributed by atoms with Gasteiger partial charge in [-0.25, -0.2) is 9.97 Å². The van der Waals surface area contributed by atoms with Gasteiger partial charge in [0.1, 0.15) is 5.82 Å². The molecule has 1 aromatic heterocycles. The number of nitrogens with two attached hydrogens (primary N) is 1. The lowest BCUT2D eigenvalue weighted by atomic mass is 10.1. The molecular formula is C11H17N3. The fourth-order valence-corrected chi connectivity index (χ4v) is 2.09. The zero-order valence-electron chi connectivity index (χ0n) is 8.83. The van der Waals surface area contributed by atoms with Crippen LogP contribution in [0.2, 0.25) is 0 Å². The molecule has 2 unspecified atom stereocenters. The van der Waals surface area contributed by atoms with Crippen LogP contribution in [0.1, 0.15) is 37.7 Å². The Hall–Kier alpha value is -0.960. The molecule has 2 atom stereocenters. The van der Waals surface area contributed by atoms with E-state index >= 15 is 0 Å². The maximum atomic E-state index is 6.28. The standard InChI is InChI=1S/C11H17N3/c1-3-4-9-7-11(9,12)10-5-6-13-8(2)14-10/h5-6,9H,3-4,7,12H2,1-2H3. The average molecular weight is 191 g/mol. The Morgan fingerprint density at radius 1 is 1.64 bits per heavy atom. The number of hydrogen-bond donors (Lipinski definition) is 1. The average Bonchev–Trinajstić information content (AvgIpc) is 2.79. The molecule has 2 N–H and O–H groups in total. The van der Waals surface area contributed by atoms with Crippen LogP contribution in [0.3, 0.4) is 0 Å². The molecule has 0 bridgehead atoms. The second-order valence-corrected chi connectivity index (χ2v) is 4.22. The molecule has 1 fully saturated rings. The predicted molar refractivity (Wildman–Crippen MR) is 55.6 cm³/mol. The molecule has 0 aliphatic heterocycles. The van der Waals surface area contributed by atoms with Crippen molar-refractivity contribution in [3.63, 3.8) is 0 Å². The van der Waals surface area contributed by atoms with E-state index in [1.807, 2.05) is 13.0 Å². The molecule has 0 radical (unpaired) electrons. The van der Waals surface area contributed by atoms with E-state index in [1.54, 1.807) is 6.20 Å². The van der Waals surface area contributed by atoms with Gasteiger partial charge in [-0.05, 0) is 31.7 Å². The molecule has 1 saturated carbocycles. The topological polar surface area (TPSA) is 51.8 Å². The van der Waals surface area contributed by atoms with Gasteiger partial charge in [-0.3, -0.25) is 0 Å². The quantitative estimate of drug-likeness (QED) is 0.792. The van der Waals surface area contributed by atoms with Gasteiger partial charge in [-0.2, -0.15) is 0 Å². The molecule has 1 heterocycles. The molecule has 0 saturated heterocycles. The highest BCUT2D eigenvalue weighted by Crippen LogP contribution is 2.51. The fraction of sp³-hybridized carbons (Fsp3) is 0.636. The first-order valence-corrected chi connectivity index (χ1v) is 5.26. The SMILES string of the molecule is CCCC1CC1(N)c1ccnc(C)n1. The lowest BCUT2D eigenvalue weighted by Gasteiger charge is -2.10. The third-order valence-corrected chi connectivity index (χ3v) is 3.04. The van der Waals surface area contributed by atoms with Crippen LogP contribution in [-0.2, 0) is 5.54 Å². The summed E-state index contributed by atoms with van der Waals surface area (Å²) in [5, 5.41) is 0. The van der Waals surface area contributed by atoms with Crippen molar-refractivity contribution in [2.75, 3.05) is 0 Å². The lowest BCUT2D eigenvalue weighted by Crippen LogP contribution is -2.24. The molecule has 3 nitrogen and oxygen atoms in total. The molecule has 0 aromatic carbocycles. The van der Waals surface area contributed by atoms with Crippen LogP contribution in [0.25, 0.3) is 0 Å². The second-order valence-electron chi connectivity index (χ2n) is 4.22. The summed E-state index contributed by atoms with van der Waals surface area (Å²) >= 11 is 0. The van der Waals surface area contributed by atoms with Gasteiger partial charge in [-0.15, -0.1) is 0 Å². The Bertz CT molecular complexity index is 337. The first-order chi connectivity index (χ1) is 6.66. The van der Waals surface area contributed by atoms with E-state index in [0.717, 1.165) is 17.9 Å². The van der Waals surface area contributed by atoms with E-state index in [2.05, 4.69) is 16.9 Å². The summed E-state index contributed by atoms with van der Waals surface area (Å²) in [6.45, 7) is 4.11. The highest BCUT2D eigenvalue weighted by Gasteiger charge is 2.52. The van der Waals surface area contributed by atoms with Crippen LogP contribution < -0.4 is 5.73 Å². The van der Waals surface area contributed by atoms with Crippen LogP contribution in [-0.4, -0.2) is 9.97 Å². The summed E-state index contributed by atoms with van der Waals surface area (Å²) in [5.41, 5.74) is 7.14. The number of aromatic nitrogens is 2. The molecule has 76 valence electrons. The van der Waals surface area contributed by atoms with Crippen LogP contribution in [0.4, 0.5) is 0 Å². The molecule has 1 aliphatic rings. The summed E-state index contributed by atoms with van der Waals surface area (Å²) in [6, 6.07) is 1.95. The molecular weight excluding hydrogens is 174 g/mol. The minimum Gasteiger partial charge on any atom is -0.320 e. The molecule has 2 rings (SSSR count). The lowest BCUT2D eigenvalue weighted by molar-refractivity contribution is 0.568. The van der Waals surface area contributed by atoms with Crippen molar-refractivity contribution in [3.8, 4) is 0 Å². The summed E-state index contributed by atoms with van der Waals surface area (Å²) < 4.78 is 0. The van der Waals surface area contributed by atoms with E-state index in [4.69, 9.17) is 5.73 Å². The Balaban J connectivity index is 2.17. The van der Waals surface area contributed by atoms with Gasteiger partial charge in [0.15, 0.2) is 0 Å². The molecule has 1 aromatic rings. The van der Waals surface area contributed by atoms with Crippen molar-refractivity contribution in [2.24, 2.45) is 11.7 Å². The van der Waals surface area contributed by atoms with Crippen molar-refractivity contribution < 1.29 is 0 Å². The van der Waals surface area contributed by atoms with Crippen molar-refractivity contribution in [1.29, 1.82) is 0 Å². The van der Waals surface area contributed by atoms with Gasteiger partial charge >= 0.3 is 0 Å². The Kier molecular flexibility index (Phi) is 2.27. The van der Waals surface area contributed by atoms with Crippen LogP contribution in [0.15, 0.2) is 12.3 Å². The smallest absolute Gasteiger partial charge is 0.125 e. The first kappa shape index (κ1) is 9.59. The van der Waals surface area contributed by atoms with E-state index in [1.165, 1.54) is 12.8 Å². The van der Waals surface area contributed by atoms with Crippen LogP contribution in [0.5, 0.6) is 0 Å². The monoisotopic (exact) mass is 191 g/mol. The minimum atomic E-state index is -0.149. The number of hydrogen-bond acceptors (Lipinski definition) is 3. The highest BCUT2D eigenvalue weighted by atomic mass is 15.0. The van der Waals surface area contributed by atoms with Crippen LogP contribution in [0, 0.1) is 12.8 Å². The zero-order chi connectivity index (χ0) is 10.2. The minimum absolute atomic E-state index is 0.149. The first-order valence-electron chi connectivity index (χ1n) is 5.26.